The molecular formula is C14H21FN2O2. The van der Waals surface area contributed by atoms with Crippen LogP contribution in [0.5, 0.6) is 5.75 Å². The van der Waals surface area contributed by atoms with E-state index in [-0.39, 0.29) is 23.7 Å². The third-order valence-corrected chi connectivity index (χ3v) is 3.53. The number of halogens is 1. The molecule has 1 saturated heterocycles. The molecular weight excluding hydrogens is 247 g/mol. The number of nitrogens with zero attached hydrogens (tertiary/aromatic N) is 1. The highest BCUT2D eigenvalue weighted by molar-refractivity contribution is 5.31. The van der Waals surface area contributed by atoms with Crippen LogP contribution < -0.4 is 10.1 Å². The van der Waals surface area contributed by atoms with Gasteiger partial charge in [0.25, 0.3) is 0 Å². The Morgan fingerprint density at radius 3 is 2.95 bits per heavy atom. The number of hydrogen-bond acceptors (Lipinski definition) is 4. The van der Waals surface area contributed by atoms with Crippen LogP contribution in [-0.2, 0) is 4.74 Å². The number of likely N-dealkylation sites (N-methyl/N-ethyl adjacent to an activating group) is 2. The average Bonchev–Trinajstić information content (AvgIpc) is 2.39. The lowest BCUT2D eigenvalue weighted by atomic mass is 9.98. The number of nitrogens with one attached hydrogen (secondary N) is 1. The first-order chi connectivity index (χ1) is 9.17. The first-order valence-electron chi connectivity index (χ1n) is 6.47. The Morgan fingerprint density at radius 2 is 2.32 bits per heavy atom. The Labute approximate surface area is 113 Å². The SMILES string of the molecule is CNCC1OCCN(C)C1c1ccc(OC)c(F)c1. The molecule has 0 aliphatic carbocycles. The fraction of sp³-hybridized carbons (Fsp3) is 0.571. The molecule has 0 amide bonds. The average molecular weight is 268 g/mol. The van der Waals surface area contributed by atoms with E-state index in [9.17, 15) is 4.39 Å². The van der Waals surface area contributed by atoms with Crippen molar-refractivity contribution >= 4 is 0 Å². The van der Waals surface area contributed by atoms with E-state index in [1.54, 1.807) is 6.07 Å². The molecule has 2 unspecified atom stereocenters. The summed E-state index contributed by atoms with van der Waals surface area (Å²) in [6.07, 6.45) is 0.0246. The minimum Gasteiger partial charge on any atom is -0.494 e. The van der Waals surface area contributed by atoms with Gasteiger partial charge in [-0.3, -0.25) is 4.90 Å². The maximum atomic E-state index is 13.8. The van der Waals surface area contributed by atoms with Gasteiger partial charge in [-0.15, -0.1) is 0 Å². The quantitative estimate of drug-likeness (QED) is 0.895. The number of ether oxygens (including phenoxy) is 2. The van der Waals surface area contributed by atoms with E-state index in [2.05, 4.69) is 10.2 Å². The largest absolute Gasteiger partial charge is 0.494 e. The number of morpholine rings is 1. The zero-order chi connectivity index (χ0) is 13.8. The Kier molecular flexibility index (Phi) is 4.74. The monoisotopic (exact) mass is 268 g/mol. The van der Waals surface area contributed by atoms with Crippen molar-refractivity contribution in [3.05, 3.63) is 29.6 Å². The fourth-order valence-corrected chi connectivity index (χ4v) is 2.57. The number of benzene rings is 1. The summed E-state index contributed by atoms with van der Waals surface area (Å²) < 4.78 is 24.6. The minimum absolute atomic E-state index is 0.0246. The van der Waals surface area contributed by atoms with Gasteiger partial charge in [0, 0.05) is 13.1 Å². The molecule has 0 saturated carbocycles. The van der Waals surface area contributed by atoms with Gasteiger partial charge in [0.2, 0.25) is 0 Å². The van der Waals surface area contributed by atoms with Crippen molar-refractivity contribution < 1.29 is 13.9 Å². The second kappa shape index (κ2) is 6.32. The topological polar surface area (TPSA) is 33.7 Å². The first kappa shape index (κ1) is 14.2. The summed E-state index contributed by atoms with van der Waals surface area (Å²) in [4.78, 5) is 2.20. The van der Waals surface area contributed by atoms with Gasteiger partial charge in [-0.25, -0.2) is 4.39 Å². The van der Waals surface area contributed by atoms with Gasteiger partial charge < -0.3 is 14.8 Å². The normalized spacial score (nSPS) is 24.4. The van der Waals surface area contributed by atoms with E-state index in [4.69, 9.17) is 9.47 Å². The molecule has 0 aromatic heterocycles. The molecule has 2 rings (SSSR count). The Balaban J connectivity index is 2.27. The molecule has 0 radical (unpaired) electrons. The summed E-state index contributed by atoms with van der Waals surface area (Å²) >= 11 is 0. The van der Waals surface area contributed by atoms with E-state index in [1.165, 1.54) is 13.2 Å². The second-order valence-corrected chi connectivity index (χ2v) is 4.79. The third-order valence-electron chi connectivity index (χ3n) is 3.53. The standard InChI is InChI=1S/C14H21FN2O2/c1-16-9-13-14(17(2)6-7-19-13)10-4-5-12(18-3)11(15)8-10/h4-5,8,13-14,16H,6-7,9H2,1-3H3. The molecule has 5 heteroatoms. The summed E-state index contributed by atoms with van der Waals surface area (Å²) in [5, 5.41) is 3.12. The van der Waals surface area contributed by atoms with Gasteiger partial charge in [0.1, 0.15) is 0 Å². The van der Waals surface area contributed by atoms with Crippen LogP contribution in [0, 0.1) is 5.82 Å². The molecule has 0 bridgehead atoms. The van der Waals surface area contributed by atoms with E-state index in [1.807, 2.05) is 20.2 Å². The Morgan fingerprint density at radius 1 is 1.53 bits per heavy atom. The van der Waals surface area contributed by atoms with Gasteiger partial charge in [-0.05, 0) is 31.8 Å². The zero-order valence-electron chi connectivity index (χ0n) is 11.6. The summed E-state index contributed by atoms with van der Waals surface area (Å²) in [6.45, 7) is 2.29. The van der Waals surface area contributed by atoms with E-state index in [0.29, 0.717) is 6.61 Å². The number of rotatable bonds is 4. The maximum absolute atomic E-state index is 13.8. The minimum atomic E-state index is -0.331. The highest BCUT2D eigenvalue weighted by Crippen LogP contribution is 2.30. The van der Waals surface area contributed by atoms with Crippen LogP contribution in [0.4, 0.5) is 4.39 Å². The van der Waals surface area contributed by atoms with Crippen molar-refractivity contribution in [1.29, 1.82) is 0 Å². The molecule has 1 heterocycles. The predicted molar refractivity (Wildman–Crippen MR) is 72.0 cm³/mol. The summed E-state index contributed by atoms with van der Waals surface area (Å²) in [6, 6.07) is 5.17. The van der Waals surface area contributed by atoms with Crippen LogP contribution >= 0.6 is 0 Å². The van der Waals surface area contributed by atoms with Gasteiger partial charge in [-0.2, -0.15) is 0 Å². The highest BCUT2D eigenvalue weighted by atomic mass is 19.1. The predicted octanol–water partition coefficient (Wildman–Crippen LogP) is 1.43. The molecule has 0 spiro atoms. The van der Waals surface area contributed by atoms with Gasteiger partial charge in [0.05, 0.1) is 25.9 Å². The van der Waals surface area contributed by atoms with Crippen molar-refractivity contribution in [3.8, 4) is 5.75 Å². The molecule has 106 valence electrons. The molecule has 1 aliphatic rings. The molecule has 1 aromatic rings. The van der Waals surface area contributed by atoms with Crippen LogP contribution in [0.1, 0.15) is 11.6 Å². The van der Waals surface area contributed by atoms with Crippen LogP contribution in [0.25, 0.3) is 0 Å². The van der Waals surface area contributed by atoms with Crippen LogP contribution in [0.3, 0.4) is 0 Å². The maximum Gasteiger partial charge on any atom is 0.165 e. The Bertz CT molecular complexity index is 426. The first-order valence-corrected chi connectivity index (χ1v) is 6.47. The highest BCUT2D eigenvalue weighted by Gasteiger charge is 2.31. The third kappa shape index (κ3) is 3.05. The fourth-order valence-electron chi connectivity index (χ4n) is 2.57. The summed E-state index contributed by atoms with van der Waals surface area (Å²) in [5.41, 5.74) is 0.917. The number of hydrogen-bond donors (Lipinski definition) is 1. The number of methoxy groups -OCH3 is 1. The summed E-state index contributed by atoms with van der Waals surface area (Å²) in [7, 11) is 5.40. The van der Waals surface area contributed by atoms with E-state index < -0.39 is 0 Å². The van der Waals surface area contributed by atoms with Crippen molar-refractivity contribution in [2.24, 2.45) is 0 Å². The molecule has 19 heavy (non-hydrogen) atoms. The lowest BCUT2D eigenvalue weighted by Gasteiger charge is -2.39. The van der Waals surface area contributed by atoms with Crippen molar-refractivity contribution in [3.63, 3.8) is 0 Å². The van der Waals surface area contributed by atoms with Crippen LogP contribution in [0.2, 0.25) is 0 Å². The van der Waals surface area contributed by atoms with Crippen molar-refractivity contribution in [2.75, 3.05) is 40.9 Å². The smallest absolute Gasteiger partial charge is 0.165 e. The van der Waals surface area contributed by atoms with E-state index >= 15 is 0 Å². The summed E-state index contributed by atoms with van der Waals surface area (Å²) in [5.74, 6) is -0.0597. The molecule has 1 aliphatic heterocycles. The lowest BCUT2D eigenvalue weighted by molar-refractivity contribution is -0.0607. The second-order valence-electron chi connectivity index (χ2n) is 4.79. The lowest BCUT2D eigenvalue weighted by Crippen LogP contribution is -2.47. The molecule has 4 nitrogen and oxygen atoms in total. The van der Waals surface area contributed by atoms with Crippen LogP contribution in [-0.4, -0.2) is 51.9 Å². The molecule has 1 aromatic carbocycles. The molecule has 1 fully saturated rings. The van der Waals surface area contributed by atoms with Crippen molar-refractivity contribution in [1.82, 2.24) is 10.2 Å². The van der Waals surface area contributed by atoms with Crippen LogP contribution in [0.15, 0.2) is 18.2 Å². The Hall–Kier alpha value is -1.17. The van der Waals surface area contributed by atoms with Gasteiger partial charge in [-0.1, -0.05) is 6.07 Å². The molecule has 2 atom stereocenters. The van der Waals surface area contributed by atoms with Crippen molar-refractivity contribution in [2.45, 2.75) is 12.1 Å². The van der Waals surface area contributed by atoms with E-state index in [0.717, 1.165) is 18.7 Å². The van der Waals surface area contributed by atoms with Gasteiger partial charge in [0.15, 0.2) is 11.6 Å². The van der Waals surface area contributed by atoms with Gasteiger partial charge >= 0.3 is 0 Å². The zero-order valence-corrected chi connectivity index (χ0v) is 11.6. The molecule has 1 N–H and O–H groups in total.